The van der Waals surface area contributed by atoms with Crippen molar-refractivity contribution in [2.45, 2.75) is 44.6 Å². The first-order valence-corrected chi connectivity index (χ1v) is 13.7. The van der Waals surface area contributed by atoms with Crippen molar-refractivity contribution < 1.29 is 31.9 Å². The predicted octanol–water partition coefficient (Wildman–Crippen LogP) is 4.93. The Morgan fingerprint density at radius 3 is 2.55 bits per heavy atom. The molecule has 0 radical (unpaired) electrons. The number of benzene rings is 2. The van der Waals surface area contributed by atoms with Crippen LogP contribution in [0.3, 0.4) is 0 Å². The minimum absolute atomic E-state index is 0.0891. The van der Waals surface area contributed by atoms with E-state index in [1.165, 1.54) is 35.6 Å². The second-order valence-corrected chi connectivity index (χ2v) is 10.6. The Morgan fingerprint density at radius 2 is 1.88 bits per heavy atom. The number of hydrogen-bond acceptors (Lipinski definition) is 6. The van der Waals surface area contributed by atoms with Gasteiger partial charge in [-0.3, -0.25) is 9.59 Å². The summed E-state index contributed by atoms with van der Waals surface area (Å²) >= 11 is 1.30. The molecule has 0 aliphatic carbocycles. The van der Waals surface area contributed by atoms with Crippen molar-refractivity contribution >= 4 is 23.2 Å². The number of carbonyl (C=O) groups excluding carboxylic acids is 2. The van der Waals surface area contributed by atoms with E-state index in [0.29, 0.717) is 41.2 Å². The lowest BCUT2D eigenvalue weighted by molar-refractivity contribution is -0.143. The molecule has 0 spiro atoms. The number of nitrogens with one attached hydrogen (secondary N) is 1. The fourth-order valence-electron chi connectivity index (χ4n) is 4.66. The van der Waals surface area contributed by atoms with Crippen LogP contribution in [0.25, 0.3) is 11.3 Å². The Morgan fingerprint density at radius 1 is 1.18 bits per heavy atom. The maximum Gasteiger partial charge on any atom is 0.416 e. The fraction of sp³-hybridized carbons (Fsp3) is 0.393. The van der Waals surface area contributed by atoms with Gasteiger partial charge in [0.2, 0.25) is 11.8 Å². The molecule has 0 saturated carbocycles. The van der Waals surface area contributed by atoms with Gasteiger partial charge < -0.3 is 20.7 Å². The summed E-state index contributed by atoms with van der Waals surface area (Å²) in [6.07, 6.45) is -3.11. The number of carbonyl (C=O) groups is 2. The quantitative estimate of drug-likeness (QED) is 0.351. The average Bonchev–Trinajstić information content (AvgIpc) is 3.41. The molecule has 1 fully saturated rings. The van der Waals surface area contributed by atoms with Crippen molar-refractivity contribution in [3.63, 3.8) is 0 Å². The van der Waals surface area contributed by atoms with Gasteiger partial charge in [0.25, 0.3) is 0 Å². The number of ether oxygens (including phenoxy) is 1. The molecule has 3 N–H and O–H groups in total. The van der Waals surface area contributed by atoms with Crippen molar-refractivity contribution in [2.24, 2.45) is 11.7 Å². The third kappa shape index (κ3) is 7.43. The van der Waals surface area contributed by atoms with Gasteiger partial charge in [-0.2, -0.15) is 13.2 Å². The maximum absolute atomic E-state index is 13.1. The standard InChI is InChI=1S/C28H30F4N4O3S/c1-17-22(3-2-12-36(17)26(37)15-39-14-23(33)18-6-10-21(29)11-7-18)27(38)34-13-25-35-24(16-40-25)19-4-8-20(9-5-19)28(30,31)32/h4-11,16-17,22-23H,2-3,12-15,33H2,1H3,(H,34,38)/t17-,22-,23-/m0/s1. The number of nitrogens with two attached hydrogens (primary N) is 1. The first kappa shape index (κ1) is 29.6. The van der Waals surface area contributed by atoms with E-state index in [4.69, 9.17) is 10.5 Å². The Balaban J connectivity index is 1.26. The second kappa shape index (κ2) is 12.9. The number of halogens is 4. The molecule has 7 nitrogen and oxygen atoms in total. The first-order valence-electron chi connectivity index (χ1n) is 12.8. The number of amides is 2. The molecular weight excluding hydrogens is 548 g/mol. The summed E-state index contributed by atoms with van der Waals surface area (Å²) in [6.45, 7) is 2.43. The van der Waals surface area contributed by atoms with Crippen LogP contribution in [0.4, 0.5) is 17.6 Å². The molecule has 3 aromatic rings. The Hall–Kier alpha value is -3.35. The van der Waals surface area contributed by atoms with Gasteiger partial charge in [0.15, 0.2) is 0 Å². The summed E-state index contributed by atoms with van der Waals surface area (Å²) < 4.78 is 57.1. The number of likely N-dealkylation sites (tertiary alicyclic amines) is 1. The normalized spacial score (nSPS) is 18.4. The molecule has 1 aliphatic heterocycles. The molecule has 0 unspecified atom stereocenters. The van der Waals surface area contributed by atoms with Crippen LogP contribution in [0.1, 0.15) is 41.9 Å². The molecular formula is C28H30F4N4O3S. The summed E-state index contributed by atoms with van der Waals surface area (Å²) in [5, 5.41) is 5.23. The molecule has 4 rings (SSSR count). The molecule has 1 aliphatic rings. The minimum Gasteiger partial charge on any atom is -0.370 e. The molecule has 40 heavy (non-hydrogen) atoms. The van der Waals surface area contributed by atoms with Crippen molar-refractivity contribution in [3.8, 4) is 11.3 Å². The molecule has 1 saturated heterocycles. The molecule has 2 amide bonds. The van der Waals surface area contributed by atoms with Crippen molar-refractivity contribution in [3.05, 3.63) is 75.9 Å². The number of aromatic nitrogens is 1. The topological polar surface area (TPSA) is 97.5 Å². The SMILES string of the molecule is C[C@H]1[C@@H](C(=O)NCc2nc(-c3ccc(C(F)(F)F)cc3)cs2)CCCN1C(=O)COC[C@H](N)c1ccc(F)cc1. The zero-order valence-corrected chi connectivity index (χ0v) is 22.6. The number of thiazole rings is 1. The van der Waals surface area contributed by atoms with Crippen LogP contribution < -0.4 is 11.1 Å². The summed E-state index contributed by atoms with van der Waals surface area (Å²) in [5.74, 6) is -1.21. The van der Waals surface area contributed by atoms with Crippen LogP contribution in [0.2, 0.25) is 0 Å². The van der Waals surface area contributed by atoms with Gasteiger partial charge in [-0.05, 0) is 49.6 Å². The van der Waals surface area contributed by atoms with Crippen LogP contribution in [-0.2, 0) is 27.0 Å². The van der Waals surface area contributed by atoms with E-state index in [1.54, 1.807) is 22.4 Å². The number of rotatable bonds is 9. The van der Waals surface area contributed by atoms with Gasteiger partial charge in [-0.25, -0.2) is 9.37 Å². The largest absolute Gasteiger partial charge is 0.416 e. The molecule has 3 atom stereocenters. The predicted molar refractivity (Wildman–Crippen MR) is 142 cm³/mol. The van der Waals surface area contributed by atoms with E-state index in [0.717, 1.165) is 12.1 Å². The Labute approximate surface area is 233 Å². The third-order valence-corrected chi connectivity index (χ3v) is 7.79. The number of hydrogen-bond donors (Lipinski definition) is 2. The lowest BCUT2D eigenvalue weighted by Gasteiger charge is -2.38. The van der Waals surface area contributed by atoms with Crippen molar-refractivity contribution in [2.75, 3.05) is 19.8 Å². The van der Waals surface area contributed by atoms with E-state index in [9.17, 15) is 27.2 Å². The van der Waals surface area contributed by atoms with Crippen LogP contribution in [0.15, 0.2) is 53.9 Å². The van der Waals surface area contributed by atoms with E-state index < -0.39 is 23.7 Å². The zero-order valence-electron chi connectivity index (χ0n) is 21.8. The highest BCUT2D eigenvalue weighted by atomic mass is 32.1. The maximum atomic E-state index is 13.1. The molecule has 214 valence electrons. The Kier molecular flexibility index (Phi) is 9.54. The van der Waals surface area contributed by atoms with Gasteiger partial charge >= 0.3 is 6.18 Å². The van der Waals surface area contributed by atoms with Gasteiger partial charge in [0.05, 0.1) is 36.4 Å². The average molecular weight is 579 g/mol. The highest BCUT2D eigenvalue weighted by Crippen LogP contribution is 2.31. The van der Waals surface area contributed by atoms with Crippen LogP contribution in [0, 0.1) is 11.7 Å². The van der Waals surface area contributed by atoms with Gasteiger partial charge in [-0.15, -0.1) is 11.3 Å². The zero-order chi connectivity index (χ0) is 28.9. The van der Waals surface area contributed by atoms with E-state index >= 15 is 0 Å². The first-order chi connectivity index (χ1) is 19.0. The third-order valence-electron chi connectivity index (χ3n) is 6.94. The smallest absolute Gasteiger partial charge is 0.370 e. The van der Waals surface area contributed by atoms with Crippen molar-refractivity contribution in [1.29, 1.82) is 0 Å². The molecule has 0 bridgehead atoms. The van der Waals surface area contributed by atoms with E-state index in [1.807, 2.05) is 6.92 Å². The van der Waals surface area contributed by atoms with Crippen LogP contribution in [-0.4, -0.2) is 47.5 Å². The van der Waals surface area contributed by atoms with Crippen LogP contribution in [0.5, 0.6) is 0 Å². The van der Waals surface area contributed by atoms with Gasteiger partial charge in [0.1, 0.15) is 17.4 Å². The van der Waals surface area contributed by atoms with Crippen LogP contribution >= 0.6 is 11.3 Å². The molecule has 12 heteroatoms. The Bertz CT molecular complexity index is 1300. The lowest BCUT2D eigenvalue weighted by atomic mass is 9.89. The number of nitrogens with zero attached hydrogens (tertiary/aromatic N) is 2. The van der Waals surface area contributed by atoms with E-state index in [-0.39, 0.29) is 43.4 Å². The molecule has 2 heterocycles. The number of alkyl halides is 3. The minimum atomic E-state index is -4.40. The second-order valence-electron chi connectivity index (χ2n) is 9.67. The summed E-state index contributed by atoms with van der Waals surface area (Å²) in [5.41, 5.74) is 7.12. The van der Waals surface area contributed by atoms with Crippen molar-refractivity contribution in [1.82, 2.24) is 15.2 Å². The summed E-state index contributed by atoms with van der Waals surface area (Å²) in [4.78, 5) is 31.9. The van der Waals surface area contributed by atoms with E-state index in [2.05, 4.69) is 10.3 Å². The molecule has 2 aromatic carbocycles. The molecule has 1 aromatic heterocycles. The highest BCUT2D eigenvalue weighted by molar-refractivity contribution is 7.09. The monoisotopic (exact) mass is 578 g/mol. The highest BCUT2D eigenvalue weighted by Gasteiger charge is 2.35. The summed E-state index contributed by atoms with van der Waals surface area (Å²) in [6, 6.07) is 9.69. The summed E-state index contributed by atoms with van der Waals surface area (Å²) in [7, 11) is 0. The lowest BCUT2D eigenvalue weighted by Crippen LogP contribution is -2.52. The van der Waals surface area contributed by atoms with Gasteiger partial charge in [0, 0.05) is 23.5 Å². The van der Waals surface area contributed by atoms with Gasteiger partial charge in [-0.1, -0.05) is 24.3 Å². The number of piperidine rings is 1. The fourth-order valence-corrected chi connectivity index (χ4v) is 5.40.